The number of hydrogen-bond donors (Lipinski definition) is 1. The van der Waals surface area contributed by atoms with Gasteiger partial charge in [-0.2, -0.15) is 0 Å². The number of rotatable bonds is 5. The molecule has 3 saturated carbocycles. The highest BCUT2D eigenvalue weighted by atomic mass is 16.3. The second-order valence-electron chi connectivity index (χ2n) is 14.4. The van der Waals surface area contributed by atoms with Gasteiger partial charge in [-0.15, -0.1) is 0 Å². The van der Waals surface area contributed by atoms with E-state index in [4.69, 9.17) is 0 Å². The summed E-state index contributed by atoms with van der Waals surface area (Å²) in [5.41, 5.74) is 5.60. The predicted molar refractivity (Wildman–Crippen MR) is 153 cm³/mol. The molecule has 0 bridgehead atoms. The molecule has 3 heteroatoms. The van der Waals surface area contributed by atoms with E-state index < -0.39 is 0 Å². The first kappa shape index (κ1) is 27.0. The van der Waals surface area contributed by atoms with Crippen LogP contribution in [0.2, 0.25) is 0 Å². The van der Waals surface area contributed by atoms with Gasteiger partial charge in [0.2, 0.25) is 5.78 Å². The smallest absolute Gasteiger partial charge is 0.220 e. The third kappa shape index (κ3) is 3.58. The highest BCUT2D eigenvalue weighted by Crippen LogP contribution is 2.76. The van der Waals surface area contributed by atoms with Gasteiger partial charge in [0.25, 0.3) is 0 Å². The van der Waals surface area contributed by atoms with E-state index >= 15 is 0 Å². The number of hydrogen-bond acceptors (Lipinski definition) is 3. The summed E-state index contributed by atoms with van der Waals surface area (Å²) in [6.07, 6.45) is 16.5. The van der Waals surface area contributed by atoms with Crippen molar-refractivity contribution < 1.29 is 9.90 Å². The van der Waals surface area contributed by atoms with E-state index in [2.05, 4.69) is 65.5 Å². The zero-order valence-electron chi connectivity index (χ0n) is 24.9. The number of fused-ring (bicyclic) bond motifs is 7. The zero-order chi connectivity index (χ0) is 27.0. The van der Waals surface area contributed by atoms with Crippen molar-refractivity contribution in [1.82, 2.24) is 4.90 Å². The standard InChI is InChI=1S/C34H51NO2/c1-9-34-19-17-32(7)25-20-26(36)29(37)23(4)24(25)12-13-27(32)33(34,8)18-16-31(6)15-14-30(5,21-28(31)34)22-35(10-2)11-3/h12-13,20,28,37H,9-11,14-19,21-22H2,1-8H3/t28-,30-,31-,32+,33-,34+/m1/s1. The SMILES string of the molecule is CCN(CC)C[C@]1(C)CC[C@]2(C)CC[C@]3(C)C4=CC=C5C(=CC(=O)C(O)=C5C)[C@]4(C)CC[C@@]3(CC)[C@@H]2C1. The van der Waals surface area contributed by atoms with E-state index in [9.17, 15) is 9.90 Å². The van der Waals surface area contributed by atoms with Crippen LogP contribution in [0.25, 0.3) is 0 Å². The summed E-state index contributed by atoms with van der Waals surface area (Å²) >= 11 is 0. The summed E-state index contributed by atoms with van der Waals surface area (Å²) in [6, 6.07) is 0. The van der Waals surface area contributed by atoms with Crippen LogP contribution in [0.3, 0.4) is 0 Å². The Labute approximate surface area is 226 Å². The quantitative estimate of drug-likeness (QED) is 0.408. The molecule has 0 aromatic rings. The van der Waals surface area contributed by atoms with Crippen molar-refractivity contribution in [1.29, 1.82) is 0 Å². The summed E-state index contributed by atoms with van der Waals surface area (Å²) in [6.45, 7) is 22.7. The van der Waals surface area contributed by atoms with Gasteiger partial charge in [0, 0.05) is 17.5 Å². The van der Waals surface area contributed by atoms with Crippen LogP contribution in [0, 0.1) is 33.0 Å². The molecule has 5 aliphatic carbocycles. The van der Waals surface area contributed by atoms with Crippen LogP contribution in [0.5, 0.6) is 0 Å². The number of aliphatic hydroxyl groups excluding tert-OH is 1. The number of allylic oxidation sites excluding steroid dienone is 7. The molecule has 0 heterocycles. The van der Waals surface area contributed by atoms with Gasteiger partial charge in [-0.05, 0) is 116 Å². The van der Waals surface area contributed by atoms with Gasteiger partial charge >= 0.3 is 0 Å². The number of ketones is 1. The number of carbonyl (C=O) groups excluding carboxylic acids is 1. The van der Waals surface area contributed by atoms with Crippen molar-refractivity contribution >= 4 is 5.78 Å². The van der Waals surface area contributed by atoms with E-state index in [0.29, 0.717) is 10.8 Å². The second-order valence-corrected chi connectivity index (χ2v) is 14.4. The average Bonchev–Trinajstić information content (AvgIpc) is 2.87. The lowest BCUT2D eigenvalue weighted by molar-refractivity contribution is -0.174. The Kier molecular flexibility index (Phi) is 6.34. The summed E-state index contributed by atoms with van der Waals surface area (Å²) in [5, 5.41) is 10.4. The molecular weight excluding hydrogens is 454 g/mol. The van der Waals surface area contributed by atoms with Gasteiger partial charge in [-0.25, -0.2) is 0 Å². The Morgan fingerprint density at radius 3 is 2.27 bits per heavy atom. The lowest BCUT2D eigenvalue weighted by Crippen LogP contribution is -2.63. The lowest BCUT2D eigenvalue weighted by atomic mass is 9.33. The maximum atomic E-state index is 12.8. The monoisotopic (exact) mass is 505 g/mol. The molecule has 0 radical (unpaired) electrons. The Morgan fingerprint density at radius 2 is 1.62 bits per heavy atom. The van der Waals surface area contributed by atoms with Crippen molar-refractivity contribution in [2.75, 3.05) is 19.6 Å². The Balaban J connectivity index is 1.60. The largest absolute Gasteiger partial charge is 0.504 e. The predicted octanol–water partition coefficient (Wildman–Crippen LogP) is 8.35. The van der Waals surface area contributed by atoms with Crippen molar-refractivity contribution in [2.24, 2.45) is 33.0 Å². The van der Waals surface area contributed by atoms with E-state index in [1.807, 2.05) is 6.92 Å². The van der Waals surface area contributed by atoms with Gasteiger partial charge in [0.05, 0.1) is 0 Å². The van der Waals surface area contributed by atoms with Crippen LogP contribution < -0.4 is 0 Å². The molecule has 0 aliphatic heterocycles. The molecule has 0 amide bonds. The normalized spacial score (nSPS) is 43.3. The number of nitrogens with zero attached hydrogens (tertiary/aromatic N) is 1. The highest BCUT2D eigenvalue weighted by Gasteiger charge is 2.67. The molecule has 6 atom stereocenters. The fourth-order valence-corrected chi connectivity index (χ4v) is 10.2. The van der Waals surface area contributed by atoms with Crippen LogP contribution in [0.1, 0.15) is 107 Å². The minimum absolute atomic E-state index is 0.0801. The van der Waals surface area contributed by atoms with E-state index in [0.717, 1.165) is 42.1 Å². The molecule has 3 fully saturated rings. The van der Waals surface area contributed by atoms with Gasteiger partial charge in [-0.1, -0.05) is 66.2 Å². The zero-order valence-corrected chi connectivity index (χ0v) is 24.9. The summed E-state index contributed by atoms with van der Waals surface area (Å²) in [5.74, 6) is 0.422. The van der Waals surface area contributed by atoms with Crippen molar-refractivity contribution in [3.63, 3.8) is 0 Å². The highest BCUT2D eigenvalue weighted by molar-refractivity contribution is 6.06. The Hall–Kier alpha value is -1.61. The molecular formula is C34H51NO2. The minimum atomic E-state index is -0.222. The average molecular weight is 506 g/mol. The molecule has 204 valence electrons. The lowest BCUT2D eigenvalue weighted by Gasteiger charge is -2.71. The maximum Gasteiger partial charge on any atom is 0.220 e. The molecule has 3 nitrogen and oxygen atoms in total. The minimum Gasteiger partial charge on any atom is -0.504 e. The van der Waals surface area contributed by atoms with Crippen molar-refractivity contribution in [2.45, 2.75) is 107 Å². The molecule has 1 N–H and O–H groups in total. The summed E-state index contributed by atoms with van der Waals surface area (Å²) < 4.78 is 0. The van der Waals surface area contributed by atoms with Crippen molar-refractivity contribution in [3.05, 3.63) is 46.3 Å². The number of carbonyl (C=O) groups is 1. The van der Waals surface area contributed by atoms with Crippen molar-refractivity contribution in [3.8, 4) is 0 Å². The van der Waals surface area contributed by atoms with E-state index in [1.165, 1.54) is 51.5 Å². The molecule has 0 saturated heterocycles. The fraction of sp³-hybridized carbons (Fsp3) is 0.735. The first-order chi connectivity index (χ1) is 17.3. The summed E-state index contributed by atoms with van der Waals surface area (Å²) in [4.78, 5) is 15.4. The Bertz CT molecular complexity index is 1120. The maximum absolute atomic E-state index is 12.8. The van der Waals surface area contributed by atoms with E-state index in [1.54, 1.807) is 11.6 Å². The topological polar surface area (TPSA) is 40.5 Å². The first-order valence-electron chi connectivity index (χ1n) is 15.2. The van der Waals surface area contributed by atoms with Crippen LogP contribution >= 0.6 is 0 Å². The Morgan fingerprint density at radius 1 is 0.946 bits per heavy atom. The third-order valence-corrected chi connectivity index (χ3v) is 12.8. The van der Waals surface area contributed by atoms with Crippen LogP contribution in [-0.2, 0) is 4.79 Å². The molecule has 5 rings (SSSR count). The fourth-order valence-electron chi connectivity index (χ4n) is 10.2. The number of aliphatic hydroxyl groups is 1. The molecule has 37 heavy (non-hydrogen) atoms. The first-order valence-corrected chi connectivity index (χ1v) is 15.2. The summed E-state index contributed by atoms with van der Waals surface area (Å²) in [7, 11) is 0. The van der Waals surface area contributed by atoms with Crippen LogP contribution in [-0.4, -0.2) is 35.4 Å². The van der Waals surface area contributed by atoms with Gasteiger partial charge in [0.1, 0.15) is 0 Å². The second kappa shape index (κ2) is 8.70. The third-order valence-electron chi connectivity index (χ3n) is 12.8. The molecule has 5 aliphatic rings. The molecule has 0 spiro atoms. The van der Waals surface area contributed by atoms with Gasteiger partial charge in [-0.3, -0.25) is 4.79 Å². The van der Waals surface area contributed by atoms with Crippen LogP contribution in [0.15, 0.2) is 46.3 Å². The molecule has 0 aromatic carbocycles. The van der Waals surface area contributed by atoms with Crippen LogP contribution in [0.4, 0.5) is 0 Å². The van der Waals surface area contributed by atoms with Gasteiger partial charge < -0.3 is 10.0 Å². The molecule has 0 unspecified atom stereocenters. The molecule has 0 aromatic heterocycles. The van der Waals surface area contributed by atoms with Gasteiger partial charge in [0.15, 0.2) is 5.76 Å². The van der Waals surface area contributed by atoms with E-state index in [-0.39, 0.29) is 27.8 Å².